The van der Waals surface area contributed by atoms with Crippen LogP contribution in [-0.2, 0) is 9.53 Å². The van der Waals surface area contributed by atoms with Gasteiger partial charge in [0.25, 0.3) is 5.91 Å². The minimum atomic E-state index is -0.812. The zero-order chi connectivity index (χ0) is 18.4. The van der Waals surface area contributed by atoms with Crippen molar-refractivity contribution in [3.8, 4) is 5.75 Å². The number of benzene rings is 1. The van der Waals surface area contributed by atoms with Gasteiger partial charge in [-0.2, -0.15) is 0 Å². The Morgan fingerprint density at radius 1 is 1.08 bits per heavy atom. The zero-order valence-electron chi connectivity index (χ0n) is 15.6. The fraction of sp³-hybridized carbons (Fsp3) is 0.600. The Bertz CT molecular complexity index is 582. The summed E-state index contributed by atoms with van der Waals surface area (Å²) in [6, 6.07) is 6.92. The van der Waals surface area contributed by atoms with Crippen molar-refractivity contribution < 1.29 is 19.1 Å². The van der Waals surface area contributed by atoms with Crippen LogP contribution >= 0.6 is 0 Å². The van der Waals surface area contributed by atoms with Crippen LogP contribution < -0.4 is 10.1 Å². The largest absolute Gasteiger partial charge is 0.491 e. The minimum Gasteiger partial charge on any atom is -0.491 e. The van der Waals surface area contributed by atoms with E-state index in [9.17, 15) is 9.59 Å². The molecular formula is C20H29NO4. The topological polar surface area (TPSA) is 64.6 Å². The van der Waals surface area contributed by atoms with E-state index >= 15 is 0 Å². The Morgan fingerprint density at radius 2 is 1.72 bits per heavy atom. The summed E-state index contributed by atoms with van der Waals surface area (Å²) in [6.45, 7) is 7.64. The number of amides is 1. The van der Waals surface area contributed by atoms with E-state index in [1.807, 2.05) is 13.8 Å². The van der Waals surface area contributed by atoms with Gasteiger partial charge in [-0.05, 0) is 63.8 Å². The molecule has 2 rings (SSSR count). The van der Waals surface area contributed by atoms with Gasteiger partial charge in [-0.1, -0.05) is 19.8 Å². The smallest absolute Gasteiger partial charge is 0.338 e. The molecule has 1 amide bonds. The number of rotatable bonds is 6. The van der Waals surface area contributed by atoms with Crippen molar-refractivity contribution in [2.45, 2.75) is 71.6 Å². The summed E-state index contributed by atoms with van der Waals surface area (Å²) in [5, 5.41) is 3.02. The SMILES string of the molecule is CC(C)Oc1ccc(C(=O)O[C@H](C)C(=O)N[C@H]2CCCC[C@H]2C)cc1. The molecule has 1 aliphatic carbocycles. The molecule has 1 fully saturated rings. The first-order chi connectivity index (χ1) is 11.9. The lowest BCUT2D eigenvalue weighted by molar-refractivity contribution is -0.130. The lowest BCUT2D eigenvalue weighted by atomic mass is 9.86. The second-order valence-corrected chi connectivity index (χ2v) is 7.12. The third-order valence-corrected chi connectivity index (χ3v) is 4.55. The lowest BCUT2D eigenvalue weighted by Crippen LogP contribution is -2.45. The van der Waals surface area contributed by atoms with Crippen LogP contribution in [0.2, 0.25) is 0 Å². The molecule has 0 spiro atoms. The number of hydrogen-bond donors (Lipinski definition) is 1. The van der Waals surface area contributed by atoms with Crippen molar-refractivity contribution in [3.05, 3.63) is 29.8 Å². The molecule has 1 N–H and O–H groups in total. The molecule has 0 saturated heterocycles. The number of ether oxygens (including phenoxy) is 2. The summed E-state index contributed by atoms with van der Waals surface area (Å²) in [7, 11) is 0. The van der Waals surface area contributed by atoms with Gasteiger partial charge in [-0.3, -0.25) is 4.79 Å². The predicted octanol–water partition coefficient (Wildman–Crippen LogP) is 3.71. The second kappa shape index (κ2) is 8.88. The second-order valence-electron chi connectivity index (χ2n) is 7.12. The quantitative estimate of drug-likeness (QED) is 0.797. The Morgan fingerprint density at radius 3 is 2.32 bits per heavy atom. The average molecular weight is 347 g/mol. The first-order valence-corrected chi connectivity index (χ1v) is 9.15. The molecule has 0 unspecified atom stereocenters. The van der Waals surface area contributed by atoms with Gasteiger partial charge in [0, 0.05) is 6.04 Å². The third kappa shape index (κ3) is 5.76. The molecular weight excluding hydrogens is 318 g/mol. The highest BCUT2D eigenvalue weighted by Crippen LogP contribution is 2.24. The molecule has 0 aromatic heterocycles. The number of nitrogens with one attached hydrogen (secondary N) is 1. The summed E-state index contributed by atoms with van der Waals surface area (Å²) in [5.74, 6) is 0.431. The molecule has 138 valence electrons. The maximum Gasteiger partial charge on any atom is 0.338 e. The van der Waals surface area contributed by atoms with Crippen molar-refractivity contribution in [1.82, 2.24) is 5.32 Å². The van der Waals surface area contributed by atoms with Gasteiger partial charge in [0.1, 0.15) is 5.75 Å². The Hall–Kier alpha value is -2.04. The van der Waals surface area contributed by atoms with Crippen molar-refractivity contribution in [3.63, 3.8) is 0 Å². The summed E-state index contributed by atoms with van der Waals surface area (Å²) in [5.41, 5.74) is 0.404. The summed E-state index contributed by atoms with van der Waals surface area (Å²) < 4.78 is 10.9. The van der Waals surface area contributed by atoms with Gasteiger partial charge < -0.3 is 14.8 Å². The van der Waals surface area contributed by atoms with E-state index in [-0.39, 0.29) is 18.1 Å². The monoisotopic (exact) mass is 347 g/mol. The molecule has 0 heterocycles. The van der Waals surface area contributed by atoms with Gasteiger partial charge in [0.15, 0.2) is 6.10 Å². The zero-order valence-corrected chi connectivity index (χ0v) is 15.6. The molecule has 5 nitrogen and oxygen atoms in total. The van der Waals surface area contributed by atoms with Crippen molar-refractivity contribution in [1.29, 1.82) is 0 Å². The Labute approximate surface area is 150 Å². The highest BCUT2D eigenvalue weighted by molar-refractivity contribution is 5.92. The number of esters is 1. The Kier molecular flexibility index (Phi) is 6.85. The van der Waals surface area contributed by atoms with E-state index < -0.39 is 12.1 Å². The average Bonchev–Trinajstić information content (AvgIpc) is 2.56. The molecule has 5 heteroatoms. The normalized spacial score (nSPS) is 21.5. The van der Waals surface area contributed by atoms with Crippen LogP contribution in [0.3, 0.4) is 0 Å². The first-order valence-electron chi connectivity index (χ1n) is 9.15. The molecule has 3 atom stereocenters. The standard InChI is InChI=1S/C20H29NO4/c1-13(2)24-17-11-9-16(10-12-17)20(23)25-15(4)19(22)21-18-8-6-5-7-14(18)3/h9-15,18H,5-8H2,1-4H3,(H,21,22)/t14-,15-,18+/m1/s1. The summed E-state index contributed by atoms with van der Waals surface area (Å²) >= 11 is 0. The van der Waals surface area contributed by atoms with Gasteiger partial charge in [-0.25, -0.2) is 4.79 Å². The minimum absolute atomic E-state index is 0.0729. The van der Waals surface area contributed by atoms with Crippen molar-refractivity contribution >= 4 is 11.9 Å². The van der Waals surface area contributed by atoms with Gasteiger partial charge in [-0.15, -0.1) is 0 Å². The molecule has 0 radical (unpaired) electrons. The number of carbonyl (C=O) groups is 2. The van der Waals surface area contributed by atoms with Crippen molar-refractivity contribution in [2.24, 2.45) is 5.92 Å². The molecule has 1 aliphatic rings. The van der Waals surface area contributed by atoms with Crippen LogP contribution in [-0.4, -0.2) is 30.1 Å². The van der Waals surface area contributed by atoms with Crippen molar-refractivity contribution in [2.75, 3.05) is 0 Å². The van der Waals surface area contributed by atoms with Crippen LogP contribution in [0.1, 0.15) is 63.7 Å². The maximum atomic E-state index is 12.3. The van der Waals surface area contributed by atoms with Gasteiger partial charge in [0.2, 0.25) is 0 Å². The Balaban J connectivity index is 1.87. The number of hydrogen-bond acceptors (Lipinski definition) is 4. The van der Waals surface area contributed by atoms with Gasteiger partial charge in [0.05, 0.1) is 11.7 Å². The highest BCUT2D eigenvalue weighted by Gasteiger charge is 2.26. The fourth-order valence-corrected chi connectivity index (χ4v) is 3.05. The van der Waals surface area contributed by atoms with Crippen LogP contribution in [0.4, 0.5) is 0 Å². The van der Waals surface area contributed by atoms with Crippen LogP contribution in [0, 0.1) is 5.92 Å². The molecule has 1 aromatic carbocycles. The van der Waals surface area contributed by atoms with Crippen LogP contribution in [0.5, 0.6) is 5.75 Å². The third-order valence-electron chi connectivity index (χ3n) is 4.55. The molecule has 1 saturated carbocycles. The van der Waals surface area contributed by atoms with Gasteiger partial charge >= 0.3 is 5.97 Å². The van der Waals surface area contributed by atoms with E-state index in [1.54, 1.807) is 31.2 Å². The number of carbonyl (C=O) groups excluding carboxylic acids is 2. The van der Waals surface area contributed by atoms with Crippen LogP contribution in [0.15, 0.2) is 24.3 Å². The molecule has 0 bridgehead atoms. The molecule has 25 heavy (non-hydrogen) atoms. The van der Waals surface area contributed by atoms with E-state index in [0.717, 1.165) is 19.3 Å². The fourth-order valence-electron chi connectivity index (χ4n) is 3.05. The predicted molar refractivity (Wildman–Crippen MR) is 96.6 cm³/mol. The lowest BCUT2D eigenvalue weighted by Gasteiger charge is -2.30. The van der Waals surface area contributed by atoms with E-state index in [0.29, 0.717) is 17.2 Å². The molecule has 1 aromatic rings. The molecule has 0 aliphatic heterocycles. The van der Waals surface area contributed by atoms with Crippen LogP contribution in [0.25, 0.3) is 0 Å². The summed E-state index contributed by atoms with van der Waals surface area (Å²) in [4.78, 5) is 24.5. The maximum absolute atomic E-state index is 12.3. The van der Waals surface area contributed by atoms with E-state index in [2.05, 4.69) is 12.2 Å². The first kappa shape index (κ1) is 19.3. The highest BCUT2D eigenvalue weighted by atomic mass is 16.5. The van der Waals surface area contributed by atoms with E-state index in [1.165, 1.54) is 6.42 Å². The summed E-state index contributed by atoms with van der Waals surface area (Å²) in [6.07, 6.45) is 3.73. The van der Waals surface area contributed by atoms with E-state index in [4.69, 9.17) is 9.47 Å².